The van der Waals surface area contributed by atoms with Crippen LogP contribution >= 0.6 is 0 Å². The van der Waals surface area contributed by atoms with Gasteiger partial charge in [0, 0.05) is 25.2 Å². The molecule has 1 heterocycles. The summed E-state index contributed by atoms with van der Waals surface area (Å²) in [5.74, 6) is 0.313. The van der Waals surface area contributed by atoms with Gasteiger partial charge in [-0.3, -0.25) is 9.59 Å². The van der Waals surface area contributed by atoms with E-state index in [1.165, 1.54) is 6.92 Å². The first-order valence-electron chi connectivity index (χ1n) is 7.25. The summed E-state index contributed by atoms with van der Waals surface area (Å²) in [6.07, 6.45) is 5.41. The van der Waals surface area contributed by atoms with Crippen LogP contribution in [0.25, 0.3) is 0 Å². The summed E-state index contributed by atoms with van der Waals surface area (Å²) in [4.78, 5) is 26.5. The average Bonchev–Trinajstić information content (AvgIpc) is 2.48. The molecule has 1 aliphatic carbocycles. The van der Waals surface area contributed by atoms with Gasteiger partial charge in [0.1, 0.15) is 6.10 Å². The van der Waals surface area contributed by atoms with E-state index in [1.807, 2.05) is 18.2 Å². The quantitative estimate of drug-likeness (QED) is 0.849. The van der Waals surface area contributed by atoms with Crippen LogP contribution in [0.1, 0.15) is 32.6 Å². The molecule has 1 aliphatic rings. The molecule has 21 heavy (non-hydrogen) atoms. The van der Waals surface area contributed by atoms with E-state index >= 15 is 0 Å². The minimum Gasteiger partial charge on any atom is -0.474 e. The van der Waals surface area contributed by atoms with Gasteiger partial charge in [-0.2, -0.15) is 0 Å². The normalized spacial score (nSPS) is 21.4. The molecule has 0 bridgehead atoms. The van der Waals surface area contributed by atoms with Crippen LogP contribution in [0, 0.1) is 0 Å². The zero-order valence-electron chi connectivity index (χ0n) is 12.2. The van der Waals surface area contributed by atoms with Gasteiger partial charge in [0.2, 0.25) is 17.7 Å². The standard InChI is InChI=1S/C15H21N3O3/c1-11(19)17-10-14(20)18-12-5-7-13(8-6-12)21-15-4-2-3-9-16-15/h2-4,9,12-13H,5-8,10H2,1H3,(H,17,19)(H,18,20). The molecule has 0 radical (unpaired) electrons. The molecule has 1 fully saturated rings. The van der Waals surface area contributed by atoms with Gasteiger partial charge in [-0.15, -0.1) is 0 Å². The molecule has 0 saturated heterocycles. The third-order valence-corrected chi connectivity index (χ3v) is 3.46. The molecule has 1 saturated carbocycles. The second-order valence-electron chi connectivity index (χ2n) is 5.24. The molecule has 2 amide bonds. The maximum atomic E-state index is 11.6. The maximum absolute atomic E-state index is 11.6. The van der Waals surface area contributed by atoms with E-state index in [2.05, 4.69) is 15.6 Å². The van der Waals surface area contributed by atoms with Gasteiger partial charge in [0.05, 0.1) is 6.54 Å². The highest BCUT2D eigenvalue weighted by Gasteiger charge is 2.23. The predicted molar refractivity (Wildman–Crippen MR) is 77.7 cm³/mol. The summed E-state index contributed by atoms with van der Waals surface area (Å²) in [6, 6.07) is 5.76. The number of pyridine rings is 1. The molecule has 0 aliphatic heterocycles. The highest BCUT2D eigenvalue weighted by molar-refractivity contribution is 5.83. The van der Waals surface area contributed by atoms with Crippen LogP contribution in [0.2, 0.25) is 0 Å². The van der Waals surface area contributed by atoms with E-state index in [0.29, 0.717) is 5.88 Å². The van der Waals surface area contributed by atoms with Gasteiger partial charge >= 0.3 is 0 Å². The molecule has 1 aromatic rings. The molecular weight excluding hydrogens is 270 g/mol. The van der Waals surface area contributed by atoms with Crippen molar-refractivity contribution >= 4 is 11.8 Å². The van der Waals surface area contributed by atoms with Crippen LogP contribution in [0.4, 0.5) is 0 Å². The summed E-state index contributed by atoms with van der Waals surface area (Å²) in [6.45, 7) is 1.44. The van der Waals surface area contributed by atoms with Crippen LogP contribution < -0.4 is 15.4 Å². The predicted octanol–water partition coefficient (Wildman–Crippen LogP) is 1.02. The molecule has 2 N–H and O–H groups in total. The molecule has 0 unspecified atom stereocenters. The first kappa shape index (κ1) is 15.3. The highest BCUT2D eigenvalue weighted by Crippen LogP contribution is 2.22. The third-order valence-electron chi connectivity index (χ3n) is 3.46. The van der Waals surface area contributed by atoms with Crippen molar-refractivity contribution < 1.29 is 14.3 Å². The Bertz CT molecular complexity index is 470. The van der Waals surface area contributed by atoms with Crippen molar-refractivity contribution in [1.29, 1.82) is 0 Å². The number of rotatable bonds is 5. The van der Waals surface area contributed by atoms with Crippen molar-refractivity contribution in [2.24, 2.45) is 0 Å². The topological polar surface area (TPSA) is 80.3 Å². The SMILES string of the molecule is CC(=O)NCC(=O)NC1CCC(Oc2ccccn2)CC1. The van der Waals surface area contributed by atoms with E-state index in [4.69, 9.17) is 4.74 Å². The molecule has 6 nitrogen and oxygen atoms in total. The van der Waals surface area contributed by atoms with Crippen molar-refractivity contribution in [1.82, 2.24) is 15.6 Å². The summed E-state index contributed by atoms with van der Waals surface area (Å²) in [5, 5.41) is 5.43. The highest BCUT2D eigenvalue weighted by atomic mass is 16.5. The summed E-state index contributed by atoms with van der Waals surface area (Å²) in [5.41, 5.74) is 0. The van der Waals surface area contributed by atoms with Gasteiger partial charge in [-0.25, -0.2) is 4.98 Å². The fourth-order valence-electron chi connectivity index (χ4n) is 2.40. The Hall–Kier alpha value is -2.11. The lowest BCUT2D eigenvalue weighted by Gasteiger charge is -2.29. The minimum atomic E-state index is -0.197. The van der Waals surface area contributed by atoms with Crippen LogP contribution in [-0.2, 0) is 9.59 Å². The van der Waals surface area contributed by atoms with Gasteiger partial charge < -0.3 is 15.4 Å². The van der Waals surface area contributed by atoms with Gasteiger partial charge in [-0.05, 0) is 31.7 Å². The van der Waals surface area contributed by atoms with Crippen molar-refractivity contribution in [2.45, 2.75) is 44.8 Å². The molecule has 6 heteroatoms. The fourth-order valence-corrected chi connectivity index (χ4v) is 2.40. The monoisotopic (exact) mass is 291 g/mol. The van der Waals surface area contributed by atoms with E-state index in [0.717, 1.165) is 25.7 Å². The summed E-state index contributed by atoms with van der Waals surface area (Å²) < 4.78 is 5.81. The molecular formula is C15H21N3O3. The van der Waals surface area contributed by atoms with Crippen molar-refractivity contribution in [3.63, 3.8) is 0 Å². The number of carbonyl (C=O) groups excluding carboxylic acids is 2. The van der Waals surface area contributed by atoms with E-state index in [1.54, 1.807) is 6.20 Å². The number of amides is 2. The Morgan fingerprint density at radius 2 is 2.05 bits per heavy atom. The number of hydrogen-bond donors (Lipinski definition) is 2. The zero-order chi connectivity index (χ0) is 15.1. The van der Waals surface area contributed by atoms with Crippen molar-refractivity contribution in [3.05, 3.63) is 24.4 Å². The molecule has 2 rings (SSSR count). The Kier molecular flexibility index (Phi) is 5.54. The lowest BCUT2D eigenvalue weighted by molar-refractivity contribution is -0.125. The molecule has 0 aromatic carbocycles. The first-order chi connectivity index (χ1) is 10.1. The van der Waals surface area contributed by atoms with Gasteiger partial charge in [-0.1, -0.05) is 6.07 Å². The third kappa shape index (κ3) is 5.41. The Labute approximate surface area is 124 Å². The molecule has 0 spiro atoms. The molecule has 114 valence electrons. The number of nitrogens with one attached hydrogen (secondary N) is 2. The molecule has 0 atom stereocenters. The number of carbonyl (C=O) groups is 2. The number of hydrogen-bond acceptors (Lipinski definition) is 4. The van der Waals surface area contributed by atoms with Crippen LogP contribution in [0.5, 0.6) is 5.88 Å². The lowest BCUT2D eigenvalue weighted by Crippen LogP contribution is -2.44. The largest absolute Gasteiger partial charge is 0.474 e. The second kappa shape index (κ2) is 7.61. The van der Waals surface area contributed by atoms with Gasteiger partial charge in [0.25, 0.3) is 0 Å². The van der Waals surface area contributed by atoms with E-state index in [9.17, 15) is 9.59 Å². The number of nitrogens with zero attached hydrogens (tertiary/aromatic N) is 1. The summed E-state index contributed by atoms with van der Waals surface area (Å²) >= 11 is 0. The second-order valence-corrected chi connectivity index (χ2v) is 5.24. The zero-order valence-corrected chi connectivity index (χ0v) is 12.2. The van der Waals surface area contributed by atoms with Gasteiger partial charge in [0.15, 0.2) is 0 Å². The van der Waals surface area contributed by atoms with Crippen molar-refractivity contribution in [3.8, 4) is 5.88 Å². The Morgan fingerprint density at radius 1 is 1.29 bits per heavy atom. The smallest absolute Gasteiger partial charge is 0.239 e. The van der Waals surface area contributed by atoms with Crippen LogP contribution in [0.15, 0.2) is 24.4 Å². The van der Waals surface area contributed by atoms with E-state index < -0.39 is 0 Å². The summed E-state index contributed by atoms with van der Waals surface area (Å²) in [7, 11) is 0. The number of aromatic nitrogens is 1. The average molecular weight is 291 g/mol. The molecule has 1 aromatic heterocycles. The lowest BCUT2D eigenvalue weighted by atomic mass is 9.93. The van der Waals surface area contributed by atoms with Crippen molar-refractivity contribution in [2.75, 3.05) is 6.54 Å². The minimum absolute atomic E-state index is 0.0414. The van der Waals surface area contributed by atoms with Crippen LogP contribution in [-0.4, -0.2) is 35.5 Å². The Morgan fingerprint density at radius 3 is 2.67 bits per heavy atom. The fraction of sp³-hybridized carbons (Fsp3) is 0.533. The first-order valence-corrected chi connectivity index (χ1v) is 7.25. The maximum Gasteiger partial charge on any atom is 0.239 e. The van der Waals surface area contributed by atoms with E-state index in [-0.39, 0.29) is 30.5 Å². The Balaban J connectivity index is 1.68. The number of ether oxygens (including phenoxy) is 1. The van der Waals surface area contributed by atoms with Crippen LogP contribution in [0.3, 0.4) is 0 Å².